The van der Waals surface area contributed by atoms with Gasteiger partial charge in [0.25, 0.3) is 5.91 Å². The molecule has 1 heterocycles. The molecule has 0 aromatic heterocycles. The molecule has 0 bridgehead atoms. The lowest BCUT2D eigenvalue weighted by molar-refractivity contribution is -0.166. The van der Waals surface area contributed by atoms with Crippen LogP contribution in [0.3, 0.4) is 0 Å². The molecule has 2 amide bonds. The molecule has 2 aliphatic rings. The van der Waals surface area contributed by atoms with E-state index in [1.807, 2.05) is 20.8 Å². The SMILES string of the molecule is CCOC1CC(N)(C(=O)Nc2ccc(C(=O)N3CCOCC3)cc2)C1(C)C.Cl. The van der Waals surface area contributed by atoms with Gasteiger partial charge in [-0.1, -0.05) is 13.8 Å². The minimum Gasteiger partial charge on any atom is -0.378 e. The molecule has 28 heavy (non-hydrogen) atoms. The summed E-state index contributed by atoms with van der Waals surface area (Å²) in [6.07, 6.45) is 0.472. The van der Waals surface area contributed by atoms with E-state index in [4.69, 9.17) is 15.2 Å². The zero-order valence-corrected chi connectivity index (χ0v) is 17.5. The summed E-state index contributed by atoms with van der Waals surface area (Å²) in [4.78, 5) is 27.0. The van der Waals surface area contributed by atoms with E-state index in [0.29, 0.717) is 50.6 Å². The normalized spacial score (nSPS) is 26.0. The first kappa shape index (κ1) is 22.6. The number of halogens is 1. The molecule has 2 fully saturated rings. The summed E-state index contributed by atoms with van der Waals surface area (Å²) in [5, 5.41) is 2.88. The highest BCUT2D eigenvalue weighted by atomic mass is 35.5. The van der Waals surface area contributed by atoms with Crippen molar-refractivity contribution in [2.45, 2.75) is 38.8 Å². The van der Waals surface area contributed by atoms with Crippen LogP contribution < -0.4 is 11.1 Å². The maximum Gasteiger partial charge on any atom is 0.254 e. The van der Waals surface area contributed by atoms with Crippen LogP contribution in [-0.4, -0.2) is 61.3 Å². The number of carbonyl (C=O) groups excluding carboxylic acids is 2. The Bertz CT molecular complexity index is 704. The van der Waals surface area contributed by atoms with Crippen LogP contribution in [0.15, 0.2) is 24.3 Å². The van der Waals surface area contributed by atoms with Crippen molar-refractivity contribution in [1.82, 2.24) is 4.90 Å². The molecule has 1 aromatic rings. The molecule has 0 radical (unpaired) electrons. The van der Waals surface area contributed by atoms with Gasteiger partial charge in [0.15, 0.2) is 0 Å². The third-order valence-electron chi connectivity index (χ3n) is 5.92. The average Bonchev–Trinajstić information content (AvgIpc) is 2.68. The molecular formula is C20H30ClN3O4. The van der Waals surface area contributed by atoms with Crippen molar-refractivity contribution >= 4 is 29.9 Å². The Labute approximate surface area is 172 Å². The fourth-order valence-electron chi connectivity index (χ4n) is 3.71. The van der Waals surface area contributed by atoms with E-state index in [1.165, 1.54) is 0 Å². The standard InChI is InChI=1S/C20H29N3O4.ClH/c1-4-27-16-13-20(21,19(16,2)3)18(25)22-15-7-5-14(6-8-15)17(24)23-9-11-26-12-10-23;/h5-8,16H,4,9-13,21H2,1-3H3,(H,22,25);1H. The Balaban J connectivity index is 0.00000280. The van der Waals surface area contributed by atoms with Crippen molar-refractivity contribution in [1.29, 1.82) is 0 Å². The Kier molecular flexibility index (Phi) is 7.09. The number of anilines is 1. The highest BCUT2D eigenvalue weighted by Crippen LogP contribution is 2.50. The van der Waals surface area contributed by atoms with Crippen LogP contribution in [0, 0.1) is 5.41 Å². The molecule has 3 rings (SSSR count). The van der Waals surface area contributed by atoms with Crippen molar-refractivity contribution in [2.75, 3.05) is 38.2 Å². The number of amides is 2. The predicted molar refractivity (Wildman–Crippen MR) is 110 cm³/mol. The number of nitrogens with one attached hydrogen (secondary N) is 1. The highest BCUT2D eigenvalue weighted by Gasteiger charge is 2.62. The van der Waals surface area contributed by atoms with Crippen molar-refractivity contribution in [3.8, 4) is 0 Å². The first-order chi connectivity index (χ1) is 12.8. The smallest absolute Gasteiger partial charge is 0.254 e. The molecule has 1 aliphatic carbocycles. The highest BCUT2D eigenvalue weighted by molar-refractivity contribution is 6.00. The molecule has 3 N–H and O–H groups in total. The lowest BCUT2D eigenvalue weighted by Crippen LogP contribution is -2.74. The van der Waals surface area contributed by atoms with Crippen LogP contribution in [0.5, 0.6) is 0 Å². The molecular weight excluding hydrogens is 382 g/mol. The Hall–Kier alpha value is -1.67. The van der Waals surface area contributed by atoms with Gasteiger partial charge >= 0.3 is 0 Å². The first-order valence-corrected chi connectivity index (χ1v) is 9.48. The van der Waals surface area contributed by atoms with Gasteiger partial charge in [0.1, 0.15) is 5.54 Å². The van der Waals surface area contributed by atoms with Gasteiger partial charge in [0, 0.05) is 42.8 Å². The summed E-state index contributed by atoms with van der Waals surface area (Å²) in [5.41, 5.74) is 6.20. The summed E-state index contributed by atoms with van der Waals surface area (Å²) in [6.45, 7) is 8.79. The van der Waals surface area contributed by atoms with Gasteiger partial charge < -0.3 is 25.4 Å². The van der Waals surface area contributed by atoms with Crippen LogP contribution in [-0.2, 0) is 14.3 Å². The quantitative estimate of drug-likeness (QED) is 0.773. The van der Waals surface area contributed by atoms with Crippen molar-refractivity contribution < 1.29 is 19.1 Å². The molecule has 8 heteroatoms. The second-order valence-corrected chi connectivity index (χ2v) is 7.78. The number of benzene rings is 1. The topological polar surface area (TPSA) is 93.9 Å². The summed E-state index contributed by atoms with van der Waals surface area (Å²) >= 11 is 0. The third kappa shape index (κ3) is 4.03. The molecule has 156 valence electrons. The molecule has 1 aliphatic heterocycles. The average molecular weight is 412 g/mol. The predicted octanol–water partition coefficient (Wildman–Crippen LogP) is 2.05. The lowest BCUT2D eigenvalue weighted by Gasteiger charge is -2.57. The van der Waals surface area contributed by atoms with Gasteiger partial charge in [-0.05, 0) is 31.2 Å². The van der Waals surface area contributed by atoms with Gasteiger partial charge in [-0.15, -0.1) is 12.4 Å². The van der Waals surface area contributed by atoms with E-state index < -0.39 is 11.0 Å². The number of rotatable bonds is 5. The number of hydrogen-bond acceptors (Lipinski definition) is 5. The number of nitrogens with zero attached hydrogens (tertiary/aromatic N) is 1. The number of nitrogens with two attached hydrogens (primary N) is 1. The molecule has 2 atom stereocenters. The van der Waals surface area contributed by atoms with E-state index >= 15 is 0 Å². The van der Waals surface area contributed by atoms with Crippen LogP contribution in [0.25, 0.3) is 0 Å². The van der Waals surface area contributed by atoms with E-state index in [2.05, 4.69) is 5.32 Å². The van der Waals surface area contributed by atoms with Crippen LogP contribution in [0.2, 0.25) is 0 Å². The number of hydrogen-bond donors (Lipinski definition) is 2. The maximum atomic E-state index is 12.8. The Morgan fingerprint density at radius 2 is 1.86 bits per heavy atom. The second-order valence-electron chi connectivity index (χ2n) is 7.78. The van der Waals surface area contributed by atoms with Crippen LogP contribution in [0.1, 0.15) is 37.6 Å². The van der Waals surface area contributed by atoms with Crippen molar-refractivity contribution in [3.05, 3.63) is 29.8 Å². The number of carbonyl (C=O) groups is 2. The molecule has 1 aromatic carbocycles. The van der Waals surface area contributed by atoms with E-state index in [-0.39, 0.29) is 30.3 Å². The van der Waals surface area contributed by atoms with Gasteiger partial charge in [0.2, 0.25) is 5.91 Å². The lowest BCUT2D eigenvalue weighted by atomic mass is 9.54. The van der Waals surface area contributed by atoms with Crippen molar-refractivity contribution in [3.63, 3.8) is 0 Å². The third-order valence-corrected chi connectivity index (χ3v) is 5.92. The van der Waals surface area contributed by atoms with Gasteiger partial charge in [-0.25, -0.2) is 0 Å². The zero-order valence-electron chi connectivity index (χ0n) is 16.7. The number of morpholine rings is 1. The molecule has 1 saturated heterocycles. The van der Waals surface area contributed by atoms with E-state index in [0.717, 1.165) is 0 Å². The van der Waals surface area contributed by atoms with Gasteiger partial charge in [-0.3, -0.25) is 9.59 Å². The molecule has 0 spiro atoms. The zero-order chi connectivity index (χ0) is 19.7. The number of ether oxygens (including phenoxy) is 2. The molecule has 2 unspecified atom stereocenters. The van der Waals surface area contributed by atoms with Crippen LogP contribution in [0.4, 0.5) is 5.69 Å². The summed E-state index contributed by atoms with van der Waals surface area (Å²) in [5.74, 6) is -0.248. The van der Waals surface area contributed by atoms with Gasteiger partial charge in [0.05, 0.1) is 19.3 Å². The van der Waals surface area contributed by atoms with Gasteiger partial charge in [-0.2, -0.15) is 0 Å². The molecule has 1 saturated carbocycles. The Morgan fingerprint density at radius 3 is 2.39 bits per heavy atom. The summed E-state index contributed by atoms with van der Waals surface area (Å²) in [7, 11) is 0. The fraction of sp³-hybridized carbons (Fsp3) is 0.600. The summed E-state index contributed by atoms with van der Waals surface area (Å²) in [6, 6.07) is 6.93. The fourth-order valence-corrected chi connectivity index (χ4v) is 3.71. The van der Waals surface area contributed by atoms with Crippen LogP contribution >= 0.6 is 12.4 Å². The Morgan fingerprint density at radius 1 is 1.25 bits per heavy atom. The first-order valence-electron chi connectivity index (χ1n) is 9.48. The van der Waals surface area contributed by atoms with E-state index in [1.54, 1.807) is 29.2 Å². The maximum absolute atomic E-state index is 12.8. The largest absolute Gasteiger partial charge is 0.378 e. The summed E-state index contributed by atoms with van der Waals surface area (Å²) < 4.78 is 11.0. The van der Waals surface area contributed by atoms with Crippen molar-refractivity contribution in [2.24, 2.45) is 11.1 Å². The monoisotopic (exact) mass is 411 g/mol. The minimum absolute atomic E-state index is 0. The molecule has 7 nitrogen and oxygen atoms in total. The second kappa shape index (κ2) is 8.78. The van der Waals surface area contributed by atoms with E-state index in [9.17, 15) is 9.59 Å². The minimum atomic E-state index is -0.977.